The molecule has 5 nitrogen and oxygen atoms in total. The van der Waals surface area contributed by atoms with Gasteiger partial charge in [0.15, 0.2) is 0 Å². The molecule has 3 rings (SSSR count). The fraction of sp³-hybridized carbons (Fsp3) is 0.304. The van der Waals surface area contributed by atoms with Crippen molar-refractivity contribution in [1.82, 2.24) is 4.90 Å². The molecule has 2 aromatic carbocycles. The molecule has 0 bridgehead atoms. The van der Waals surface area contributed by atoms with Gasteiger partial charge in [0.2, 0.25) is 0 Å². The summed E-state index contributed by atoms with van der Waals surface area (Å²) < 4.78 is 0.871. The van der Waals surface area contributed by atoms with Gasteiger partial charge in [0, 0.05) is 23.0 Å². The van der Waals surface area contributed by atoms with E-state index in [-0.39, 0.29) is 11.3 Å². The maximum Gasteiger partial charge on any atom is 0.295 e. The number of hydrogen-bond acceptors (Lipinski definition) is 3. The van der Waals surface area contributed by atoms with Crippen molar-refractivity contribution in [3.05, 3.63) is 75.3 Å². The maximum absolute atomic E-state index is 12.9. The minimum Gasteiger partial charge on any atom is -0.507 e. The Kier molecular flexibility index (Phi) is 6.55. The van der Waals surface area contributed by atoms with E-state index in [2.05, 4.69) is 30.0 Å². The Hall–Kier alpha value is -2.44. The van der Waals surface area contributed by atoms with Crippen LogP contribution in [0.2, 0.25) is 0 Å². The lowest BCUT2D eigenvalue weighted by molar-refractivity contribution is -0.858. The SMILES string of the molecule is Cc1ccc([C@@H]2C(=C(O)c3ccc(Br)cc3)C(=O)C(=O)N2CCC[NH+](C)C)cc1. The molecule has 1 aliphatic heterocycles. The molecule has 1 fully saturated rings. The van der Waals surface area contributed by atoms with Crippen LogP contribution in [0.15, 0.2) is 58.6 Å². The molecule has 0 saturated carbocycles. The minimum absolute atomic E-state index is 0.137. The fourth-order valence-corrected chi connectivity index (χ4v) is 3.84. The third-order valence-electron chi connectivity index (χ3n) is 5.13. The van der Waals surface area contributed by atoms with Crippen molar-refractivity contribution in [2.75, 3.05) is 27.2 Å². The number of aliphatic hydroxyl groups is 1. The highest BCUT2D eigenvalue weighted by Gasteiger charge is 2.45. The summed E-state index contributed by atoms with van der Waals surface area (Å²) in [5.74, 6) is -1.32. The van der Waals surface area contributed by atoms with Crippen LogP contribution in [0, 0.1) is 6.92 Å². The number of hydrogen-bond donors (Lipinski definition) is 2. The van der Waals surface area contributed by atoms with Crippen molar-refractivity contribution in [1.29, 1.82) is 0 Å². The highest BCUT2D eigenvalue weighted by molar-refractivity contribution is 9.10. The van der Waals surface area contributed by atoms with Crippen LogP contribution >= 0.6 is 15.9 Å². The van der Waals surface area contributed by atoms with Gasteiger partial charge in [-0.3, -0.25) is 9.59 Å². The molecule has 1 aliphatic rings. The molecule has 0 radical (unpaired) electrons. The van der Waals surface area contributed by atoms with E-state index in [4.69, 9.17) is 0 Å². The number of carbonyl (C=O) groups is 2. The molecule has 1 saturated heterocycles. The number of rotatable bonds is 6. The first-order valence-corrected chi connectivity index (χ1v) is 10.5. The predicted molar refractivity (Wildman–Crippen MR) is 117 cm³/mol. The van der Waals surface area contributed by atoms with Crippen molar-refractivity contribution in [3.63, 3.8) is 0 Å². The second-order valence-corrected chi connectivity index (χ2v) is 8.64. The summed E-state index contributed by atoms with van der Waals surface area (Å²) in [6.45, 7) is 3.34. The van der Waals surface area contributed by atoms with Crippen LogP contribution < -0.4 is 4.90 Å². The quantitative estimate of drug-likeness (QED) is 0.398. The number of Topliss-reactive ketones (excluding diaryl/α,β-unsaturated/α-hetero) is 1. The number of benzene rings is 2. The van der Waals surface area contributed by atoms with Gasteiger partial charge < -0.3 is 14.9 Å². The van der Waals surface area contributed by atoms with Crippen LogP contribution in [0.25, 0.3) is 5.76 Å². The van der Waals surface area contributed by atoms with Crippen LogP contribution in [0.4, 0.5) is 0 Å². The number of halogens is 1. The van der Waals surface area contributed by atoms with E-state index in [9.17, 15) is 14.7 Å². The Morgan fingerprint density at radius 1 is 1.07 bits per heavy atom. The molecular weight excluding hydrogens is 432 g/mol. The topological polar surface area (TPSA) is 62.0 Å². The number of aliphatic hydroxyl groups excluding tert-OH is 1. The van der Waals surface area contributed by atoms with Gasteiger partial charge in [-0.1, -0.05) is 57.9 Å². The fourth-order valence-electron chi connectivity index (χ4n) is 3.57. The molecule has 0 aliphatic carbocycles. The Bertz CT molecular complexity index is 934. The van der Waals surface area contributed by atoms with Gasteiger partial charge >= 0.3 is 0 Å². The minimum atomic E-state index is -0.631. The van der Waals surface area contributed by atoms with Crippen LogP contribution in [-0.4, -0.2) is 48.9 Å². The van der Waals surface area contributed by atoms with E-state index in [1.165, 1.54) is 4.90 Å². The second kappa shape index (κ2) is 8.93. The molecule has 2 aromatic rings. The smallest absolute Gasteiger partial charge is 0.295 e. The molecule has 1 amide bonds. The average Bonchev–Trinajstić information content (AvgIpc) is 2.93. The second-order valence-electron chi connectivity index (χ2n) is 7.72. The third-order valence-corrected chi connectivity index (χ3v) is 5.66. The lowest BCUT2D eigenvalue weighted by atomic mass is 9.94. The first-order chi connectivity index (χ1) is 13.8. The highest BCUT2D eigenvalue weighted by Crippen LogP contribution is 2.39. The molecule has 29 heavy (non-hydrogen) atoms. The summed E-state index contributed by atoms with van der Waals surface area (Å²) in [6.07, 6.45) is 0.774. The number of likely N-dealkylation sites (tertiary alicyclic amines) is 1. The maximum atomic E-state index is 12.9. The zero-order chi connectivity index (χ0) is 21.1. The van der Waals surface area contributed by atoms with Gasteiger partial charge in [-0.25, -0.2) is 0 Å². The number of nitrogens with one attached hydrogen (secondary N) is 1. The molecule has 152 valence electrons. The number of aryl methyl sites for hydroxylation is 1. The van der Waals surface area contributed by atoms with Gasteiger partial charge in [0.25, 0.3) is 11.7 Å². The molecular formula is C23H26BrN2O3+. The molecule has 0 spiro atoms. The monoisotopic (exact) mass is 457 g/mol. The van der Waals surface area contributed by atoms with Crippen LogP contribution in [0.3, 0.4) is 0 Å². The third kappa shape index (κ3) is 4.60. The van der Waals surface area contributed by atoms with Gasteiger partial charge in [-0.15, -0.1) is 0 Å². The molecule has 0 unspecified atom stereocenters. The van der Waals surface area contributed by atoms with E-state index in [1.807, 2.05) is 31.2 Å². The van der Waals surface area contributed by atoms with Crippen molar-refractivity contribution >= 4 is 33.4 Å². The van der Waals surface area contributed by atoms with Crippen molar-refractivity contribution in [2.45, 2.75) is 19.4 Å². The largest absolute Gasteiger partial charge is 0.507 e. The van der Waals surface area contributed by atoms with Gasteiger partial charge in [-0.05, 0) is 24.6 Å². The molecule has 0 aromatic heterocycles. The number of ketones is 1. The van der Waals surface area contributed by atoms with E-state index < -0.39 is 17.7 Å². The van der Waals surface area contributed by atoms with Gasteiger partial charge in [0.1, 0.15) is 5.76 Å². The van der Waals surface area contributed by atoms with E-state index in [0.717, 1.165) is 28.6 Å². The number of nitrogens with zero attached hydrogens (tertiary/aromatic N) is 1. The molecule has 1 atom stereocenters. The number of amides is 1. The first kappa shape index (κ1) is 21.3. The summed E-state index contributed by atoms with van der Waals surface area (Å²) in [6, 6.07) is 14.2. The number of carbonyl (C=O) groups excluding carboxylic acids is 2. The molecule has 1 heterocycles. The Balaban J connectivity index is 2.07. The van der Waals surface area contributed by atoms with Crippen molar-refractivity contribution in [3.8, 4) is 0 Å². The number of quaternary nitrogens is 1. The van der Waals surface area contributed by atoms with Crippen molar-refractivity contribution < 1.29 is 19.6 Å². The van der Waals surface area contributed by atoms with Crippen LogP contribution in [-0.2, 0) is 9.59 Å². The summed E-state index contributed by atoms with van der Waals surface area (Å²) in [7, 11) is 4.11. The Morgan fingerprint density at radius 2 is 1.69 bits per heavy atom. The van der Waals surface area contributed by atoms with E-state index in [0.29, 0.717) is 12.1 Å². The summed E-state index contributed by atoms with van der Waals surface area (Å²) >= 11 is 3.38. The average molecular weight is 458 g/mol. The Morgan fingerprint density at radius 3 is 2.28 bits per heavy atom. The van der Waals surface area contributed by atoms with Crippen LogP contribution in [0.5, 0.6) is 0 Å². The van der Waals surface area contributed by atoms with E-state index in [1.54, 1.807) is 29.2 Å². The summed E-state index contributed by atoms with van der Waals surface area (Å²) in [5, 5.41) is 11.0. The molecule has 2 N–H and O–H groups in total. The van der Waals surface area contributed by atoms with E-state index >= 15 is 0 Å². The summed E-state index contributed by atoms with van der Waals surface area (Å²) in [4.78, 5) is 28.6. The normalized spacial score (nSPS) is 18.7. The van der Waals surface area contributed by atoms with Gasteiger partial charge in [-0.2, -0.15) is 0 Å². The zero-order valence-corrected chi connectivity index (χ0v) is 18.5. The lowest BCUT2D eigenvalue weighted by Crippen LogP contribution is -3.05. The zero-order valence-electron chi connectivity index (χ0n) is 16.9. The highest BCUT2D eigenvalue weighted by atomic mass is 79.9. The van der Waals surface area contributed by atoms with Crippen molar-refractivity contribution in [2.24, 2.45) is 0 Å². The lowest BCUT2D eigenvalue weighted by Gasteiger charge is -2.25. The summed E-state index contributed by atoms with van der Waals surface area (Å²) in [5.41, 5.74) is 2.58. The predicted octanol–water partition coefficient (Wildman–Crippen LogP) is 2.71. The van der Waals surface area contributed by atoms with Gasteiger partial charge in [0.05, 0.1) is 32.3 Å². The standard InChI is InChI=1S/C23H25BrN2O3/c1-15-5-7-16(8-6-15)20-19(21(27)17-9-11-18(24)12-10-17)22(28)23(29)26(20)14-4-13-25(2)3/h5-12,20,27H,4,13-14H2,1-3H3/p+1/t20-/m1/s1. The van der Waals surface area contributed by atoms with Crippen LogP contribution in [0.1, 0.15) is 29.2 Å². The molecule has 6 heteroatoms. The first-order valence-electron chi connectivity index (χ1n) is 9.69. The Labute approximate surface area is 179 Å².